The van der Waals surface area contributed by atoms with Gasteiger partial charge >= 0.3 is 0 Å². The molecule has 6 nitrogen and oxygen atoms in total. The number of benzene rings is 1. The molecule has 0 atom stereocenters. The Labute approximate surface area is 98.0 Å². The van der Waals surface area contributed by atoms with Gasteiger partial charge in [-0.25, -0.2) is 15.8 Å². The molecule has 0 aliphatic rings. The minimum absolute atomic E-state index is 0. The van der Waals surface area contributed by atoms with Crippen LogP contribution in [0.25, 0.3) is 0 Å². The van der Waals surface area contributed by atoms with Crippen molar-refractivity contribution in [3.05, 3.63) is 30.1 Å². The highest BCUT2D eigenvalue weighted by molar-refractivity contribution is 6.08. The maximum atomic E-state index is 12.9. The monoisotopic (exact) mass is 246 g/mol. The first-order chi connectivity index (χ1) is 7.19. The van der Waals surface area contributed by atoms with Gasteiger partial charge in [-0.05, 0) is 18.2 Å². The average Bonchev–Trinajstić information content (AvgIpc) is 2.19. The summed E-state index contributed by atoms with van der Waals surface area (Å²) in [7, 11) is 0. The van der Waals surface area contributed by atoms with Crippen LogP contribution in [-0.4, -0.2) is 12.3 Å². The molecule has 88 valence electrons. The molecule has 0 amide bonds. The second kappa shape index (κ2) is 6.59. The largest absolute Gasteiger partial charge is 0.368 e. The van der Waals surface area contributed by atoms with E-state index < -0.39 is 5.82 Å². The van der Waals surface area contributed by atoms with Gasteiger partial charge in [-0.1, -0.05) is 6.07 Å². The van der Waals surface area contributed by atoms with E-state index in [4.69, 9.17) is 17.0 Å². The fourth-order valence-corrected chi connectivity index (χ4v) is 1.02. The summed E-state index contributed by atoms with van der Waals surface area (Å²) < 4.78 is 12.9. The lowest BCUT2D eigenvalue weighted by Crippen LogP contribution is -2.38. The molecule has 1 aromatic carbocycles. The first-order valence-corrected chi connectivity index (χ1v) is 4.03. The minimum Gasteiger partial charge on any atom is -0.368 e. The normalized spacial score (nSPS) is 10.2. The lowest BCUT2D eigenvalue weighted by Gasteiger charge is -2.17. The van der Waals surface area contributed by atoms with E-state index in [9.17, 15) is 4.39 Å². The summed E-state index contributed by atoms with van der Waals surface area (Å²) in [5, 5.41) is 10.6. The topological polar surface area (TPSA) is 104 Å². The summed E-state index contributed by atoms with van der Waals surface area (Å²) in [6.07, 6.45) is 0.908. The van der Waals surface area contributed by atoms with Crippen LogP contribution in [-0.2, 0) is 0 Å². The highest BCUT2D eigenvalue weighted by Crippen LogP contribution is 2.13. The van der Waals surface area contributed by atoms with E-state index in [2.05, 4.69) is 5.10 Å². The number of nitrogens with one attached hydrogen (secondary N) is 2. The van der Waals surface area contributed by atoms with E-state index in [1.807, 2.05) is 5.53 Å². The molecule has 0 spiro atoms. The van der Waals surface area contributed by atoms with E-state index in [0.717, 1.165) is 6.34 Å². The molecule has 0 bridgehead atoms. The summed E-state index contributed by atoms with van der Waals surface area (Å²) >= 11 is 0. The zero-order chi connectivity index (χ0) is 11.3. The second-order valence-corrected chi connectivity index (χ2v) is 2.58. The number of hydrogen-bond acceptors (Lipinski definition) is 4. The van der Waals surface area contributed by atoms with E-state index in [1.54, 1.807) is 6.07 Å². The van der Waals surface area contributed by atoms with Crippen molar-refractivity contribution in [3.63, 3.8) is 0 Å². The first kappa shape index (κ1) is 14.1. The molecule has 0 heterocycles. The van der Waals surface area contributed by atoms with E-state index >= 15 is 0 Å². The smallest absolute Gasteiger partial charge is 0.225 e. The number of rotatable bonds is 3. The highest BCUT2D eigenvalue weighted by Gasteiger charge is 2.08. The molecule has 0 aromatic heterocycles. The summed E-state index contributed by atoms with van der Waals surface area (Å²) in [4.78, 5) is 1.17. The zero-order valence-electron chi connectivity index (χ0n) is 8.22. The molecule has 6 N–H and O–H groups in total. The van der Waals surface area contributed by atoms with E-state index in [-0.39, 0.29) is 18.4 Å². The van der Waals surface area contributed by atoms with Crippen molar-refractivity contribution in [2.45, 2.75) is 0 Å². The number of hydrogen-bond donors (Lipinski definition) is 4. The van der Waals surface area contributed by atoms with Crippen molar-refractivity contribution < 1.29 is 4.39 Å². The van der Waals surface area contributed by atoms with Gasteiger partial charge in [0.25, 0.3) is 0 Å². The molecular formula is C8H12ClFN6. The van der Waals surface area contributed by atoms with Gasteiger partial charge in [0.2, 0.25) is 5.96 Å². The van der Waals surface area contributed by atoms with Crippen LogP contribution >= 0.6 is 12.4 Å². The second-order valence-electron chi connectivity index (χ2n) is 2.58. The Balaban J connectivity index is 0.00000225. The Bertz CT molecular complexity index is 383. The maximum Gasteiger partial charge on any atom is 0.225 e. The molecule has 16 heavy (non-hydrogen) atoms. The number of hydrazine groups is 1. The van der Waals surface area contributed by atoms with Gasteiger partial charge < -0.3 is 5.73 Å². The number of nitrogens with zero attached hydrogens (tertiary/aromatic N) is 2. The number of hydrazone groups is 1. The van der Waals surface area contributed by atoms with E-state index in [1.165, 1.54) is 23.1 Å². The lowest BCUT2D eigenvalue weighted by atomic mass is 10.3. The molecule has 8 heteroatoms. The fraction of sp³-hybridized carbons (Fsp3) is 0. The summed E-state index contributed by atoms with van der Waals surface area (Å²) in [6.45, 7) is 0. The quantitative estimate of drug-likeness (QED) is 0.267. The van der Waals surface area contributed by atoms with Crippen molar-refractivity contribution in [1.29, 1.82) is 5.41 Å². The van der Waals surface area contributed by atoms with Crippen molar-refractivity contribution in [2.24, 2.45) is 16.7 Å². The maximum absolute atomic E-state index is 12.9. The third-order valence-electron chi connectivity index (χ3n) is 1.64. The zero-order valence-corrected chi connectivity index (χ0v) is 9.04. The van der Waals surface area contributed by atoms with Crippen LogP contribution in [0.3, 0.4) is 0 Å². The van der Waals surface area contributed by atoms with Gasteiger partial charge in [0.15, 0.2) is 0 Å². The van der Waals surface area contributed by atoms with Crippen molar-refractivity contribution >= 4 is 30.4 Å². The number of anilines is 1. The Hall–Kier alpha value is -1.86. The molecular weight excluding hydrogens is 235 g/mol. The number of guanidine groups is 1. The first-order valence-electron chi connectivity index (χ1n) is 4.03. The Morgan fingerprint density at radius 2 is 2.25 bits per heavy atom. The van der Waals surface area contributed by atoms with Crippen LogP contribution in [0.2, 0.25) is 0 Å². The minimum atomic E-state index is -0.423. The Morgan fingerprint density at radius 1 is 1.56 bits per heavy atom. The van der Waals surface area contributed by atoms with Gasteiger partial charge in [-0.3, -0.25) is 10.3 Å². The molecule has 0 saturated carbocycles. The fourth-order valence-electron chi connectivity index (χ4n) is 1.02. The van der Waals surface area contributed by atoms with Gasteiger partial charge in [0, 0.05) is 0 Å². The van der Waals surface area contributed by atoms with Crippen LogP contribution in [0.4, 0.5) is 10.1 Å². The van der Waals surface area contributed by atoms with E-state index in [0.29, 0.717) is 5.69 Å². The van der Waals surface area contributed by atoms with Crippen LogP contribution in [0, 0.1) is 11.2 Å². The molecule has 1 aromatic rings. The molecule has 0 radical (unpaired) electrons. The van der Waals surface area contributed by atoms with Crippen LogP contribution in [0.1, 0.15) is 0 Å². The molecule has 0 aliphatic heterocycles. The van der Waals surface area contributed by atoms with Gasteiger partial charge in [-0.2, -0.15) is 0 Å². The van der Waals surface area contributed by atoms with Gasteiger partial charge in [0.05, 0.1) is 12.0 Å². The number of nitrogens with two attached hydrogens (primary N) is 2. The van der Waals surface area contributed by atoms with Gasteiger partial charge in [-0.15, -0.1) is 17.5 Å². The molecule has 0 aliphatic carbocycles. The Kier molecular flexibility index (Phi) is 5.83. The predicted molar refractivity (Wildman–Crippen MR) is 63.9 cm³/mol. The highest BCUT2D eigenvalue weighted by atomic mass is 35.5. The standard InChI is InChI=1S/C8H11FN6.ClH/c9-6-2-1-3-7(4-6)15(5-10)8(11)13-14-12;/h1-5,10,14H,12H2,(H2,11,13);1H. The van der Waals surface area contributed by atoms with Gasteiger partial charge in [0.1, 0.15) is 5.82 Å². The van der Waals surface area contributed by atoms with Crippen LogP contribution in [0.15, 0.2) is 29.4 Å². The van der Waals surface area contributed by atoms with Crippen LogP contribution in [0.5, 0.6) is 0 Å². The molecule has 0 saturated heterocycles. The van der Waals surface area contributed by atoms with Crippen LogP contribution < -0.4 is 22.0 Å². The summed E-state index contributed by atoms with van der Waals surface area (Å²) in [5.41, 5.74) is 7.86. The predicted octanol–water partition coefficient (Wildman–Crippen LogP) is 0.354. The SMILES string of the molecule is Cl.N=CN(/C(N)=N/NN)c1cccc(F)c1. The third-order valence-corrected chi connectivity index (χ3v) is 1.64. The molecule has 0 unspecified atom stereocenters. The average molecular weight is 247 g/mol. The summed E-state index contributed by atoms with van der Waals surface area (Å²) in [5.74, 6) is 4.46. The van der Waals surface area contributed by atoms with Crippen molar-refractivity contribution in [2.75, 3.05) is 4.90 Å². The molecule has 0 fully saturated rings. The summed E-state index contributed by atoms with van der Waals surface area (Å²) in [6, 6.07) is 5.61. The number of halogens is 2. The van der Waals surface area contributed by atoms with Crippen molar-refractivity contribution in [3.8, 4) is 0 Å². The third kappa shape index (κ3) is 3.37. The molecule has 1 rings (SSSR count). The van der Waals surface area contributed by atoms with Crippen molar-refractivity contribution in [1.82, 2.24) is 5.53 Å². The Morgan fingerprint density at radius 3 is 2.75 bits per heavy atom. The lowest BCUT2D eigenvalue weighted by molar-refractivity contribution is 0.628.